The summed E-state index contributed by atoms with van der Waals surface area (Å²) in [6.45, 7) is 1.43. The van der Waals surface area contributed by atoms with Gasteiger partial charge in [-0.3, -0.25) is 4.79 Å². The zero-order chi connectivity index (χ0) is 15.0. The molecule has 4 heteroatoms. The lowest BCUT2D eigenvalue weighted by Gasteiger charge is -2.47. The van der Waals surface area contributed by atoms with Crippen LogP contribution in [0.3, 0.4) is 0 Å². The molecule has 0 spiro atoms. The Balaban J connectivity index is 1.83. The molecule has 4 atom stereocenters. The van der Waals surface area contributed by atoms with Gasteiger partial charge in [0.25, 0.3) is 0 Å². The average Bonchev–Trinajstić information content (AvgIpc) is 2.47. The molecule has 1 fully saturated rings. The summed E-state index contributed by atoms with van der Waals surface area (Å²) in [5.41, 5.74) is -0.620. The van der Waals surface area contributed by atoms with Gasteiger partial charge in [-0.1, -0.05) is 30.3 Å². The van der Waals surface area contributed by atoms with E-state index >= 15 is 0 Å². The molecule has 0 saturated carbocycles. The molecule has 1 N–H and O–H groups in total. The zero-order valence-corrected chi connectivity index (χ0v) is 11.9. The lowest BCUT2D eigenvalue weighted by molar-refractivity contribution is -0.196. The summed E-state index contributed by atoms with van der Waals surface area (Å²) in [6, 6.07) is 9.95. The first-order valence-electron chi connectivity index (χ1n) is 7.19. The van der Waals surface area contributed by atoms with E-state index in [9.17, 15) is 14.7 Å². The monoisotopic (exact) mass is 286 g/mol. The first kappa shape index (κ1) is 14.0. The number of ether oxygens (including phenoxy) is 1. The number of aryl methyl sites for hydroxylation is 1. The van der Waals surface area contributed by atoms with Gasteiger partial charge in [-0.2, -0.15) is 0 Å². The summed E-state index contributed by atoms with van der Waals surface area (Å²) in [5.74, 6) is -1.75. The van der Waals surface area contributed by atoms with Gasteiger partial charge in [0.2, 0.25) is 0 Å². The number of carbonyl (C=O) groups is 2. The van der Waals surface area contributed by atoms with Crippen LogP contribution in [-0.4, -0.2) is 28.6 Å². The quantitative estimate of drug-likeness (QED) is 0.675. The van der Waals surface area contributed by atoms with Crippen LogP contribution < -0.4 is 0 Å². The summed E-state index contributed by atoms with van der Waals surface area (Å²) in [5, 5.41) is 10.5. The third kappa shape index (κ3) is 2.29. The summed E-state index contributed by atoms with van der Waals surface area (Å²) < 4.78 is 5.24. The maximum Gasteiger partial charge on any atom is 0.343 e. The number of carbonyl (C=O) groups excluding carboxylic acids is 2. The van der Waals surface area contributed by atoms with E-state index in [1.165, 1.54) is 18.6 Å². The molecule has 2 bridgehead atoms. The van der Waals surface area contributed by atoms with Crippen LogP contribution in [0.25, 0.3) is 0 Å². The zero-order valence-electron chi connectivity index (χ0n) is 11.9. The van der Waals surface area contributed by atoms with Gasteiger partial charge in [-0.25, -0.2) is 4.79 Å². The molecule has 4 unspecified atom stereocenters. The average molecular weight is 286 g/mol. The molecule has 1 aliphatic carbocycles. The molecule has 21 heavy (non-hydrogen) atoms. The molecule has 4 nitrogen and oxygen atoms in total. The van der Waals surface area contributed by atoms with Gasteiger partial charge < -0.3 is 9.84 Å². The Morgan fingerprint density at radius 1 is 1.33 bits per heavy atom. The van der Waals surface area contributed by atoms with Crippen LogP contribution in [0.4, 0.5) is 0 Å². The molecular formula is C17H18O4. The number of benzene rings is 1. The Bertz CT molecular complexity index is 592. The van der Waals surface area contributed by atoms with Gasteiger partial charge in [0.1, 0.15) is 11.9 Å². The maximum atomic E-state index is 12.0. The number of fused-ring (bicyclic) bond motifs is 2. The SMILES string of the molecule is CC(=O)C1C(CCc2ccccc2)C2C=CC1(O)C(=O)O2. The minimum Gasteiger partial charge on any atom is -0.455 e. The van der Waals surface area contributed by atoms with E-state index in [2.05, 4.69) is 0 Å². The fraction of sp³-hybridized carbons (Fsp3) is 0.412. The molecule has 1 aromatic rings. The van der Waals surface area contributed by atoms with Crippen LogP contribution >= 0.6 is 0 Å². The van der Waals surface area contributed by atoms with Crippen molar-refractivity contribution in [2.24, 2.45) is 11.8 Å². The van der Waals surface area contributed by atoms with Crippen LogP contribution in [0.2, 0.25) is 0 Å². The predicted molar refractivity (Wildman–Crippen MR) is 76.4 cm³/mol. The first-order chi connectivity index (χ1) is 10.0. The van der Waals surface area contributed by atoms with E-state index in [1.54, 1.807) is 6.08 Å². The van der Waals surface area contributed by atoms with Gasteiger partial charge >= 0.3 is 5.97 Å². The van der Waals surface area contributed by atoms with E-state index in [-0.39, 0.29) is 11.7 Å². The van der Waals surface area contributed by atoms with Gasteiger partial charge in [0.05, 0.1) is 5.92 Å². The number of ketones is 1. The highest BCUT2D eigenvalue weighted by molar-refractivity contribution is 5.94. The molecule has 2 heterocycles. The largest absolute Gasteiger partial charge is 0.455 e. The van der Waals surface area contributed by atoms with Crippen molar-refractivity contribution in [2.45, 2.75) is 31.5 Å². The van der Waals surface area contributed by atoms with Crippen molar-refractivity contribution in [3.05, 3.63) is 48.0 Å². The highest BCUT2D eigenvalue weighted by Gasteiger charge is 2.58. The number of aliphatic hydroxyl groups is 1. The topological polar surface area (TPSA) is 63.6 Å². The van der Waals surface area contributed by atoms with E-state index < -0.39 is 23.6 Å². The smallest absolute Gasteiger partial charge is 0.343 e. The molecule has 1 aromatic carbocycles. The Morgan fingerprint density at radius 2 is 2.05 bits per heavy atom. The number of rotatable bonds is 4. The Labute approximate surface area is 123 Å². The maximum absolute atomic E-state index is 12.0. The number of hydrogen-bond donors (Lipinski definition) is 1. The van der Waals surface area contributed by atoms with Crippen LogP contribution in [0.1, 0.15) is 18.9 Å². The molecular weight excluding hydrogens is 268 g/mol. The lowest BCUT2D eigenvalue weighted by Crippen LogP contribution is -2.61. The molecule has 0 amide bonds. The highest BCUT2D eigenvalue weighted by atomic mass is 16.6. The van der Waals surface area contributed by atoms with Crippen LogP contribution in [0, 0.1) is 11.8 Å². The van der Waals surface area contributed by atoms with Crippen molar-refractivity contribution < 1.29 is 19.4 Å². The summed E-state index contributed by atoms with van der Waals surface area (Å²) in [6.07, 6.45) is 4.20. The van der Waals surface area contributed by atoms with Crippen molar-refractivity contribution in [2.75, 3.05) is 0 Å². The number of esters is 1. The van der Waals surface area contributed by atoms with Gasteiger partial charge in [-0.15, -0.1) is 0 Å². The minimum absolute atomic E-state index is 0.165. The third-order valence-corrected chi connectivity index (χ3v) is 4.48. The molecule has 3 aliphatic rings. The summed E-state index contributed by atoms with van der Waals surface area (Å²) in [7, 11) is 0. The van der Waals surface area contributed by atoms with Gasteiger partial charge in [-0.05, 0) is 37.5 Å². The van der Waals surface area contributed by atoms with Crippen LogP contribution in [0.15, 0.2) is 42.5 Å². The molecule has 1 saturated heterocycles. The van der Waals surface area contributed by atoms with Crippen molar-refractivity contribution >= 4 is 11.8 Å². The van der Waals surface area contributed by atoms with Crippen molar-refractivity contribution in [1.82, 2.24) is 0 Å². The van der Waals surface area contributed by atoms with E-state index in [1.807, 2.05) is 30.3 Å². The summed E-state index contributed by atoms with van der Waals surface area (Å²) in [4.78, 5) is 23.8. The molecule has 110 valence electrons. The summed E-state index contributed by atoms with van der Waals surface area (Å²) >= 11 is 0. The normalized spacial score (nSPS) is 33.8. The van der Waals surface area contributed by atoms with Gasteiger partial charge in [0.15, 0.2) is 5.60 Å². The molecule has 0 aromatic heterocycles. The van der Waals surface area contributed by atoms with Gasteiger partial charge in [0, 0.05) is 5.92 Å². The first-order valence-corrected chi connectivity index (χ1v) is 7.19. The number of hydrogen-bond acceptors (Lipinski definition) is 4. The van der Waals surface area contributed by atoms with E-state index in [4.69, 9.17) is 4.74 Å². The fourth-order valence-corrected chi connectivity index (χ4v) is 3.46. The second kappa shape index (κ2) is 5.11. The van der Waals surface area contributed by atoms with Crippen LogP contribution in [0.5, 0.6) is 0 Å². The Morgan fingerprint density at radius 3 is 2.67 bits per heavy atom. The standard InChI is InChI=1S/C17H18O4/c1-11(18)15-13(8-7-12-5-3-2-4-6-12)14-9-10-17(15,20)16(19)21-14/h2-6,9-10,13-15,20H,7-8H2,1H3. The third-order valence-electron chi connectivity index (χ3n) is 4.48. The second-order valence-corrected chi connectivity index (χ2v) is 5.83. The fourth-order valence-electron chi connectivity index (χ4n) is 3.46. The van der Waals surface area contributed by atoms with E-state index in [0.29, 0.717) is 6.42 Å². The minimum atomic E-state index is -1.79. The predicted octanol–water partition coefficient (Wildman–Crippen LogP) is 1.67. The van der Waals surface area contributed by atoms with Crippen LogP contribution in [-0.2, 0) is 20.7 Å². The second-order valence-electron chi connectivity index (χ2n) is 5.83. The van der Waals surface area contributed by atoms with Crippen molar-refractivity contribution in [1.29, 1.82) is 0 Å². The molecule has 4 rings (SSSR count). The van der Waals surface area contributed by atoms with E-state index in [0.717, 1.165) is 6.42 Å². The lowest BCUT2D eigenvalue weighted by atomic mass is 9.66. The van der Waals surface area contributed by atoms with Crippen molar-refractivity contribution in [3.63, 3.8) is 0 Å². The number of Topliss-reactive ketones (excluding diaryl/α,β-unsaturated/α-hetero) is 1. The molecule has 2 aliphatic heterocycles. The molecule has 0 radical (unpaired) electrons. The highest BCUT2D eigenvalue weighted by Crippen LogP contribution is 2.43. The van der Waals surface area contributed by atoms with Crippen molar-refractivity contribution in [3.8, 4) is 0 Å². The Kier molecular flexibility index (Phi) is 3.41. The Hall–Kier alpha value is -1.94.